The van der Waals surface area contributed by atoms with Gasteiger partial charge in [0.25, 0.3) is 0 Å². The van der Waals surface area contributed by atoms with Crippen molar-refractivity contribution in [1.29, 1.82) is 5.41 Å². The Morgan fingerprint density at radius 3 is 2.66 bits per heavy atom. The number of nitroso groups, excluding NO2 is 1. The lowest BCUT2D eigenvalue weighted by molar-refractivity contribution is 0.224. The maximum atomic E-state index is 10.7. The molecule has 0 aromatic carbocycles. The smallest absolute Gasteiger partial charge is 0.216 e. The van der Waals surface area contributed by atoms with Crippen LogP contribution in [0.5, 0.6) is 0 Å². The first-order chi connectivity index (χ1) is 13.9. The van der Waals surface area contributed by atoms with Crippen molar-refractivity contribution in [2.45, 2.75) is 66.5 Å². The van der Waals surface area contributed by atoms with Gasteiger partial charge >= 0.3 is 0 Å². The number of hydrogen-bond acceptors (Lipinski definition) is 6. The van der Waals surface area contributed by atoms with Crippen molar-refractivity contribution in [2.24, 2.45) is 16.1 Å². The molecule has 0 aromatic rings. The number of rotatable bonds is 10. The Labute approximate surface area is 174 Å². The van der Waals surface area contributed by atoms with E-state index < -0.39 is 6.23 Å². The molecule has 6 heteroatoms. The highest BCUT2D eigenvalue weighted by atomic mass is 16.3. The molecule has 1 rings (SSSR count). The normalized spacial score (nSPS) is 18.1. The van der Waals surface area contributed by atoms with E-state index in [0.717, 1.165) is 30.3 Å². The molecule has 2 atom stereocenters. The molecule has 0 bridgehead atoms. The average molecular weight is 399 g/mol. The Hall–Kier alpha value is -2.60. The van der Waals surface area contributed by atoms with E-state index in [2.05, 4.69) is 50.3 Å². The minimum absolute atomic E-state index is 0.154. The van der Waals surface area contributed by atoms with Crippen molar-refractivity contribution < 1.29 is 5.11 Å². The van der Waals surface area contributed by atoms with Crippen LogP contribution in [0.4, 0.5) is 0 Å². The molecule has 0 amide bonds. The molecule has 2 unspecified atom stereocenters. The van der Waals surface area contributed by atoms with Crippen molar-refractivity contribution >= 4 is 12.1 Å². The van der Waals surface area contributed by atoms with Crippen LogP contribution in [0, 0.1) is 16.2 Å². The van der Waals surface area contributed by atoms with Crippen molar-refractivity contribution in [2.75, 3.05) is 0 Å². The van der Waals surface area contributed by atoms with Gasteiger partial charge in [-0.15, -0.1) is 4.91 Å². The molecule has 0 fully saturated rings. The highest BCUT2D eigenvalue weighted by Crippen LogP contribution is 2.23. The Morgan fingerprint density at radius 1 is 1.38 bits per heavy atom. The van der Waals surface area contributed by atoms with Crippen LogP contribution in [-0.2, 0) is 0 Å². The van der Waals surface area contributed by atoms with Crippen LogP contribution in [0.2, 0.25) is 0 Å². The molecule has 1 heterocycles. The van der Waals surface area contributed by atoms with E-state index in [1.807, 2.05) is 25.2 Å². The first-order valence-corrected chi connectivity index (χ1v) is 10.2. The summed E-state index contributed by atoms with van der Waals surface area (Å²) in [5, 5.41) is 23.2. The summed E-state index contributed by atoms with van der Waals surface area (Å²) in [6.07, 6.45) is 12.8. The summed E-state index contributed by atoms with van der Waals surface area (Å²) in [6.45, 7) is 10.5. The maximum Gasteiger partial charge on any atom is 0.216 e. The number of amidine groups is 1. The van der Waals surface area contributed by atoms with Crippen molar-refractivity contribution in [3.8, 4) is 0 Å². The third-order valence-electron chi connectivity index (χ3n) is 4.99. The fraction of sp³-hybridized carbons (Fsp3) is 0.478. The van der Waals surface area contributed by atoms with Crippen molar-refractivity contribution in [3.05, 3.63) is 63.4 Å². The summed E-state index contributed by atoms with van der Waals surface area (Å²) >= 11 is 0. The first-order valence-electron chi connectivity index (χ1n) is 10.2. The van der Waals surface area contributed by atoms with Gasteiger partial charge in [0.05, 0.1) is 5.70 Å². The third kappa shape index (κ3) is 7.38. The van der Waals surface area contributed by atoms with Gasteiger partial charge in [0, 0.05) is 23.9 Å². The number of allylic oxidation sites excluding steroid dienone is 6. The van der Waals surface area contributed by atoms with Gasteiger partial charge < -0.3 is 15.8 Å². The van der Waals surface area contributed by atoms with Gasteiger partial charge in [-0.1, -0.05) is 64.0 Å². The number of nitrogens with one attached hydrogen (secondary N) is 2. The zero-order valence-corrected chi connectivity index (χ0v) is 18.2. The van der Waals surface area contributed by atoms with E-state index in [1.54, 1.807) is 0 Å². The summed E-state index contributed by atoms with van der Waals surface area (Å²) in [7, 11) is 0. The Balaban J connectivity index is 3.35. The fourth-order valence-electron chi connectivity index (χ4n) is 2.74. The van der Waals surface area contributed by atoms with E-state index in [0.29, 0.717) is 30.3 Å². The largest absolute Gasteiger partial charge is 0.365 e. The number of aliphatic hydroxyl groups excluding tert-OH is 1. The molecule has 0 spiro atoms. The lowest BCUT2D eigenvalue weighted by Crippen LogP contribution is -2.26. The first kappa shape index (κ1) is 24.4. The molecule has 1 aliphatic heterocycles. The predicted octanol–water partition coefficient (Wildman–Crippen LogP) is 5.55. The van der Waals surface area contributed by atoms with Gasteiger partial charge in [-0.05, 0) is 42.5 Å². The van der Waals surface area contributed by atoms with Crippen LogP contribution in [-0.4, -0.2) is 23.4 Å². The van der Waals surface area contributed by atoms with Gasteiger partial charge in [0.2, 0.25) is 6.23 Å². The van der Waals surface area contributed by atoms with Gasteiger partial charge in [-0.2, -0.15) is 0 Å². The fourth-order valence-corrected chi connectivity index (χ4v) is 2.74. The molecule has 0 aromatic heterocycles. The van der Waals surface area contributed by atoms with Crippen LogP contribution in [0.1, 0.15) is 60.3 Å². The minimum atomic E-state index is -1.57. The second-order valence-corrected chi connectivity index (χ2v) is 7.07. The van der Waals surface area contributed by atoms with Crippen LogP contribution in [0.15, 0.2) is 68.7 Å². The molecule has 6 nitrogen and oxygen atoms in total. The van der Waals surface area contributed by atoms with E-state index >= 15 is 0 Å². The third-order valence-corrected chi connectivity index (χ3v) is 4.99. The van der Waals surface area contributed by atoms with Crippen molar-refractivity contribution in [3.63, 3.8) is 0 Å². The predicted molar refractivity (Wildman–Crippen MR) is 122 cm³/mol. The van der Waals surface area contributed by atoms with Crippen LogP contribution < -0.4 is 5.32 Å². The summed E-state index contributed by atoms with van der Waals surface area (Å²) in [4.78, 5) is 15.6. The number of aliphatic hydroxyl groups is 1. The molecule has 158 valence electrons. The Kier molecular flexibility index (Phi) is 10.8. The van der Waals surface area contributed by atoms with Gasteiger partial charge in [0.1, 0.15) is 5.84 Å². The van der Waals surface area contributed by atoms with E-state index in [9.17, 15) is 10.0 Å². The summed E-state index contributed by atoms with van der Waals surface area (Å²) < 4.78 is 0. The molecule has 0 radical (unpaired) electrons. The lowest BCUT2D eigenvalue weighted by atomic mass is 10.0. The van der Waals surface area contributed by atoms with Crippen LogP contribution in [0.25, 0.3) is 0 Å². The SMILES string of the molecule is CC/C(C)=C(/C=C\C(C)CC)C1=CC=CCC(N/C(CC)=C(\C=N)C(O)N=O)=N1. The van der Waals surface area contributed by atoms with E-state index in [1.165, 1.54) is 5.57 Å². The van der Waals surface area contributed by atoms with Crippen molar-refractivity contribution in [1.82, 2.24) is 5.32 Å². The zero-order valence-electron chi connectivity index (χ0n) is 18.2. The number of hydrogen-bond donors (Lipinski definition) is 3. The summed E-state index contributed by atoms with van der Waals surface area (Å²) in [5.74, 6) is 1.18. The van der Waals surface area contributed by atoms with Gasteiger partial charge in [-0.25, -0.2) is 4.99 Å². The monoisotopic (exact) mass is 398 g/mol. The molecule has 0 saturated heterocycles. The lowest BCUT2D eigenvalue weighted by Gasteiger charge is -2.16. The zero-order chi connectivity index (χ0) is 21.8. The second kappa shape index (κ2) is 12.8. The van der Waals surface area contributed by atoms with E-state index in [-0.39, 0.29) is 5.57 Å². The molecular weight excluding hydrogens is 364 g/mol. The molecule has 0 aliphatic carbocycles. The second-order valence-electron chi connectivity index (χ2n) is 7.07. The number of nitrogens with zero attached hydrogens (tertiary/aromatic N) is 2. The number of aliphatic imine (C=N–C) groups is 1. The molecule has 1 aliphatic rings. The Bertz CT molecular complexity index is 770. The minimum Gasteiger partial charge on any atom is -0.365 e. The highest BCUT2D eigenvalue weighted by Gasteiger charge is 2.16. The molecule has 3 N–H and O–H groups in total. The standard InChI is InChI=1S/C23H34N4O2/c1-6-16(4)13-14-18(17(5)7-2)21-11-9-10-12-22(26-21)25-20(8-3)19(15-24)23(28)27-29/h9-11,13-16,23-24,28H,6-8,12H2,1-5H3,(H,25,26)/b14-13-,18-17-,20-19+,24-15?. The molecule has 0 saturated carbocycles. The molecule has 29 heavy (non-hydrogen) atoms. The summed E-state index contributed by atoms with van der Waals surface area (Å²) in [6, 6.07) is 0. The topological polar surface area (TPSA) is 97.9 Å². The van der Waals surface area contributed by atoms with E-state index in [4.69, 9.17) is 10.4 Å². The van der Waals surface area contributed by atoms with Crippen LogP contribution >= 0.6 is 0 Å². The summed E-state index contributed by atoms with van der Waals surface area (Å²) in [5.41, 5.74) is 3.93. The van der Waals surface area contributed by atoms with Crippen LogP contribution in [0.3, 0.4) is 0 Å². The maximum absolute atomic E-state index is 10.7. The quantitative estimate of drug-likeness (QED) is 0.256. The average Bonchev–Trinajstić information content (AvgIpc) is 2.98. The Morgan fingerprint density at radius 2 is 2.10 bits per heavy atom. The van der Waals surface area contributed by atoms with Gasteiger partial charge in [0.15, 0.2) is 0 Å². The highest BCUT2D eigenvalue weighted by molar-refractivity contribution is 5.89. The van der Waals surface area contributed by atoms with Gasteiger partial charge in [-0.3, -0.25) is 0 Å². The molecular formula is C23H34N4O2.